The Morgan fingerprint density at radius 1 is 1.05 bits per heavy atom. The molecule has 12 heteroatoms. The van der Waals surface area contributed by atoms with Gasteiger partial charge >= 0.3 is 5.69 Å². The number of aromatic amines is 1. The van der Waals surface area contributed by atoms with Crippen molar-refractivity contribution in [2.75, 3.05) is 4.72 Å². The third-order valence-corrected chi connectivity index (χ3v) is 6.78. The minimum atomic E-state index is -3.95. The molecule has 2 heterocycles. The number of sulfonamides is 1. The van der Waals surface area contributed by atoms with Crippen molar-refractivity contribution in [3.05, 3.63) is 98.0 Å². The summed E-state index contributed by atoms with van der Waals surface area (Å²) in [5.41, 5.74) is 0.974. The number of nitrogens with one attached hydrogen (secondary N) is 2. The highest BCUT2D eigenvalue weighted by Gasteiger charge is 2.17. The van der Waals surface area contributed by atoms with Crippen LogP contribution in [0, 0.1) is 13.8 Å². The molecule has 37 heavy (non-hydrogen) atoms. The molecule has 4 aromatic rings. The molecule has 0 unspecified atom stereocenters. The van der Waals surface area contributed by atoms with Crippen molar-refractivity contribution in [2.24, 2.45) is 4.99 Å². The third kappa shape index (κ3) is 5.48. The molecule has 0 saturated heterocycles. The van der Waals surface area contributed by atoms with Crippen molar-refractivity contribution >= 4 is 27.9 Å². The van der Waals surface area contributed by atoms with Crippen molar-refractivity contribution in [2.45, 2.75) is 32.1 Å². The van der Waals surface area contributed by atoms with Crippen LogP contribution in [0.15, 0.2) is 74.1 Å². The molecule has 0 atom stereocenters. The van der Waals surface area contributed by atoms with Crippen LogP contribution >= 0.6 is 0 Å². The fourth-order valence-electron chi connectivity index (χ4n) is 3.71. The average Bonchev–Trinajstić information content (AvgIpc) is 2.83. The summed E-state index contributed by atoms with van der Waals surface area (Å²) in [6.07, 6.45) is 1.72. The first kappa shape index (κ1) is 25.5. The fourth-order valence-corrected chi connectivity index (χ4v) is 4.65. The molecule has 0 aliphatic heterocycles. The molecule has 0 bridgehead atoms. The molecule has 0 radical (unpaired) electrons. The van der Waals surface area contributed by atoms with Crippen LogP contribution in [-0.4, -0.2) is 39.3 Å². The monoisotopic (exact) mass is 520 g/mol. The molecular formula is C25H24N6O5S. The number of aromatic nitrogens is 4. The molecule has 2 aromatic carbocycles. The predicted octanol–water partition coefficient (Wildman–Crippen LogP) is 2.75. The SMILES string of the molecule is CCc1ccccc1-n1c(O)c(C=Nc2ccc(S(=O)(=O)Nc3nc(C)cc(C)n3)cc2)c(=O)[nH]c1=O. The van der Waals surface area contributed by atoms with Crippen LogP contribution in [0.2, 0.25) is 0 Å². The standard InChI is InChI=1S/C25H24N6O5S/c1-4-17-7-5-6-8-21(17)31-23(33)20(22(32)29-25(31)34)14-26-18-9-11-19(12-10-18)37(35,36)30-24-27-15(2)13-16(3)28-24/h5-14,33H,4H2,1-3H3,(H,27,28,30)(H,29,32,34). The summed E-state index contributed by atoms with van der Waals surface area (Å²) >= 11 is 0. The Morgan fingerprint density at radius 2 is 1.70 bits per heavy atom. The first-order chi connectivity index (χ1) is 17.6. The summed E-state index contributed by atoms with van der Waals surface area (Å²) in [6.45, 7) is 5.37. The average molecular weight is 521 g/mol. The Bertz CT molecular complexity index is 1700. The van der Waals surface area contributed by atoms with E-state index in [2.05, 4.69) is 24.7 Å². The van der Waals surface area contributed by atoms with Crippen LogP contribution in [0.4, 0.5) is 11.6 Å². The van der Waals surface area contributed by atoms with Crippen LogP contribution in [0.25, 0.3) is 5.69 Å². The molecule has 4 rings (SSSR count). The van der Waals surface area contributed by atoms with Gasteiger partial charge in [-0.05, 0) is 62.2 Å². The van der Waals surface area contributed by atoms with Gasteiger partial charge in [0.15, 0.2) is 0 Å². The van der Waals surface area contributed by atoms with Gasteiger partial charge in [0.2, 0.25) is 11.8 Å². The summed E-state index contributed by atoms with van der Waals surface area (Å²) in [5.74, 6) is -0.593. The highest BCUT2D eigenvalue weighted by Crippen LogP contribution is 2.22. The lowest BCUT2D eigenvalue weighted by molar-refractivity contribution is 0.429. The van der Waals surface area contributed by atoms with Crippen molar-refractivity contribution in [3.63, 3.8) is 0 Å². The number of hydrogen-bond acceptors (Lipinski definition) is 8. The van der Waals surface area contributed by atoms with Crippen LogP contribution < -0.4 is 16.0 Å². The van der Waals surface area contributed by atoms with E-state index in [-0.39, 0.29) is 16.4 Å². The Kier molecular flexibility index (Phi) is 7.02. The van der Waals surface area contributed by atoms with Crippen LogP contribution in [0.3, 0.4) is 0 Å². The Hall–Kier alpha value is -4.58. The first-order valence-electron chi connectivity index (χ1n) is 11.2. The molecular weight excluding hydrogens is 496 g/mol. The molecule has 0 aliphatic rings. The number of benzene rings is 2. The minimum absolute atomic E-state index is 0.0333. The second-order valence-corrected chi connectivity index (χ2v) is 9.83. The molecule has 190 valence electrons. The van der Waals surface area contributed by atoms with Crippen LogP contribution in [-0.2, 0) is 16.4 Å². The van der Waals surface area contributed by atoms with E-state index in [0.717, 1.165) is 16.3 Å². The minimum Gasteiger partial charge on any atom is -0.493 e. The zero-order valence-electron chi connectivity index (χ0n) is 20.3. The second-order valence-electron chi connectivity index (χ2n) is 8.15. The zero-order valence-corrected chi connectivity index (χ0v) is 21.1. The summed E-state index contributed by atoms with van der Waals surface area (Å²) in [7, 11) is -3.95. The van der Waals surface area contributed by atoms with E-state index >= 15 is 0 Å². The van der Waals surface area contributed by atoms with E-state index in [1.165, 1.54) is 24.3 Å². The molecule has 3 N–H and O–H groups in total. The van der Waals surface area contributed by atoms with Crippen molar-refractivity contribution in [3.8, 4) is 11.6 Å². The Labute approximate surface area is 212 Å². The molecule has 0 amide bonds. The molecule has 0 aliphatic carbocycles. The van der Waals surface area contributed by atoms with Gasteiger partial charge in [0, 0.05) is 17.6 Å². The van der Waals surface area contributed by atoms with E-state index in [0.29, 0.717) is 29.2 Å². The van der Waals surface area contributed by atoms with Crippen LogP contribution in [0.5, 0.6) is 5.88 Å². The number of para-hydroxylation sites is 1. The molecule has 2 aromatic heterocycles. The first-order valence-corrected chi connectivity index (χ1v) is 12.7. The fraction of sp³-hybridized carbons (Fsp3) is 0.160. The molecule has 11 nitrogen and oxygen atoms in total. The Morgan fingerprint density at radius 3 is 2.35 bits per heavy atom. The normalized spacial score (nSPS) is 11.6. The van der Waals surface area contributed by atoms with Crippen molar-refractivity contribution in [1.82, 2.24) is 19.5 Å². The van der Waals surface area contributed by atoms with Crippen molar-refractivity contribution < 1.29 is 13.5 Å². The van der Waals surface area contributed by atoms with Gasteiger partial charge in [-0.15, -0.1) is 0 Å². The second kappa shape index (κ2) is 10.2. The smallest absolute Gasteiger partial charge is 0.335 e. The zero-order chi connectivity index (χ0) is 26.7. The Balaban J connectivity index is 1.63. The number of rotatable bonds is 7. The van der Waals surface area contributed by atoms with Gasteiger partial charge in [0.25, 0.3) is 15.6 Å². The summed E-state index contributed by atoms with van der Waals surface area (Å²) in [6, 6.07) is 14.3. The van der Waals surface area contributed by atoms with Gasteiger partial charge in [-0.2, -0.15) is 0 Å². The molecule has 0 fully saturated rings. The predicted molar refractivity (Wildman–Crippen MR) is 140 cm³/mol. The number of anilines is 1. The number of aliphatic imine (C=N–C) groups is 1. The van der Waals surface area contributed by atoms with E-state index < -0.39 is 27.2 Å². The number of nitrogens with zero attached hydrogens (tertiary/aromatic N) is 4. The van der Waals surface area contributed by atoms with Gasteiger partial charge in [0.05, 0.1) is 16.3 Å². The number of aryl methyl sites for hydroxylation is 3. The largest absolute Gasteiger partial charge is 0.493 e. The van der Waals surface area contributed by atoms with Gasteiger partial charge in [-0.1, -0.05) is 25.1 Å². The molecule has 0 saturated carbocycles. The topological polar surface area (TPSA) is 159 Å². The van der Waals surface area contributed by atoms with Crippen LogP contribution in [0.1, 0.15) is 29.4 Å². The quantitative estimate of drug-likeness (QED) is 0.316. The number of aromatic hydroxyl groups is 1. The van der Waals surface area contributed by atoms with Gasteiger partial charge in [-0.3, -0.25) is 14.8 Å². The van der Waals surface area contributed by atoms with E-state index in [4.69, 9.17) is 0 Å². The molecule has 0 spiro atoms. The van der Waals surface area contributed by atoms with Crippen molar-refractivity contribution in [1.29, 1.82) is 0 Å². The summed E-state index contributed by atoms with van der Waals surface area (Å²) < 4.78 is 28.8. The summed E-state index contributed by atoms with van der Waals surface area (Å²) in [4.78, 5) is 39.4. The van der Waals surface area contributed by atoms with Gasteiger partial charge < -0.3 is 5.11 Å². The van der Waals surface area contributed by atoms with E-state index in [1.807, 2.05) is 19.1 Å². The maximum absolute atomic E-state index is 12.7. The highest BCUT2D eigenvalue weighted by molar-refractivity contribution is 7.92. The van der Waals surface area contributed by atoms with Gasteiger partial charge in [-0.25, -0.2) is 32.5 Å². The highest BCUT2D eigenvalue weighted by atomic mass is 32.2. The third-order valence-electron chi connectivity index (χ3n) is 5.43. The van der Waals surface area contributed by atoms with E-state index in [9.17, 15) is 23.1 Å². The van der Waals surface area contributed by atoms with E-state index in [1.54, 1.807) is 32.0 Å². The lowest BCUT2D eigenvalue weighted by atomic mass is 10.1. The summed E-state index contributed by atoms with van der Waals surface area (Å²) in [5, 5.41) is 10.8. The van der Waals surface area contributed by atoms with Gasteiger partial charge in [0.1, 0.15) is 5.56 Å². The maximum atomic E-state index is 12.7. The number of hydrogen-bond donors (Lipinski definition) is 3. The lowest BCUT2D eigenvalue weighted by Gasteiger charge is -2.13. The lowest BCUT2D eigenvalue weighted by Crippen LogP contribution is -2.31. The number of H-pyrrole nitrogens is 1. The maximum Gasteiger partial charge on any atom is 0.335 e.